The monoisotopic (exact) mass is 412 g/mol. The summed E-state index contributed by atoms with van der Waals surface area (Å²) >= 11 is 0. The Morgan fingerprint density at radius 3 is 1.04 bits per heavy atom. The smallest absolute Gasteiger partial charge is 0.283 e. The zero-order valence-electron chi connectivity index (χ0n) is 9.62. The van der Waals surface area contributed by atoms with Crippen molar-refractivity contribution in [3.63, 3.8) is 0 Å². The molecule has 0 saturated carbocycles. The molecule has 0 aliphatic heterocycles. The quantitative estimate of drug-likeness (QED) is 0.527. The van der Waals surface area contributed by atoms with E-state index in [1.54, 1.807) is 0 Å². The van der Waals surface area contributed by atoms with E-state index in [1.165, 1.54) is 0 Å². The van der Waals surface area contributed by atoms with E-state index in [-0.39, 0.29) is 0 Å². The number of rotatable bonds is 5. The predicted octanol–water partition coefficient (Wildman–Crippen LogP) is 1.85. The molecule has 0 aromatic rings. The number of halogens is 10. The average molecular weight is 412 g/mol. The van der Waals surface area contributed by atoms with Gasteiger partial charge in [0.1, 0.15) is 0 Å². The summed E-state index contributed by atoms with van der Waals surface area (Å²) in [4.78, 5) is 0. The van der Waals surface area contributed by atoms with E-state index in [0.29, 0.717) is 0 Å². The highest BCUT2D eigenvalue weighted by molar-refractivity contribution is 7.87. The molecule has 0 bridgehead atoms. The van der Waals surface area contributed by atoms with E-state index in [2.05, 4.69) is 0 Å². The number of hydrogen-bond donors (Lipinski definition) is 2. The lowest BCUT2D eigenvalue weighted by atomic mass is 10.1. The fraction of sp³-hybridized carbons (Fsp3) is 1.00. The van der Waals surface area contributed by atoms with Crippen LogP contribution in [-0.2, 0) is 20.2 Å². The molecule has 0 aromatic carbocycles. The second kappa shape index (κ2) is 5.06. The fourth-order valence-electron chi connectivity index (χ4n) is 1.03. The standard InChI is InChI=1S/C5H2F10O6S2/c6-1(7,2(8,9)5(14,15)23(19,20)21)3(10,4(11,12)13)22(16,17)18/h(H,16,17,18)(H,19,20,21). The Morgan fingerprint density at radius 2 is 0.870 bits per heavy atom. The van der Waals surface area contributed by atoms with Crippen LogP contribution in [0.4, 0.5) is 43.9 Å². The molecule has 0 fully saturated rings. The van der Waals surface area contributed by atoms with Crippen LogP contribution in [0.25, 0.3) is 0 Å². The molecule has 1 unspecified atom stereocenters. The van der Waals surface area contributed by atoms with Crippen molar-refractivity contribution in [2.45, 2.75) is 28.3 Å². The minimum Gasteiger partial charge on any atom is -0.283 e. The Labute approximate surface area is 119 Å². The van der Waals surface area contributed by atoms with E-state index < -0.39 is 48.5 Å². The maximum Gasteiger partial charge on any atom is 0.446 e. The SMILES string of the molecule is O=S(=O)(O)C(F)(F)C(F)(F)C(F)(F)C(F)(C(F)(F)F)S(=O)(=O)O. The minimum atomic E-state index is -8.09. The van der Waals surface area contributed by atoms with Crippen molar-refractivity contribution in [3.8, 4) is 0 Å². The second-order valence-corrected chi connectivity index (χ2v) is 6.68. The molecule has 140 valence electrons. The summed E-state index contributed by atoms with van der Waals surface area (Å²) in [6, 6.07) is 0. The van der Waals surface area contributed by atoms with Gasteiger partial charge in [0.05, 0.1) is 0 Å². The van der Waals surface area contributed by atoms with Crippen molar-refractivity contribution in [1.29, 1.82) is 0 Å². The molecule has 2 N–H and O–H groups in total. The van der Waals surface area contributed by atoms with Gasteiger partial charge in [-0.25, -0.2) is 4.39 Å². The molecular formula is C5H2F10O6S2. The normalized spacial score (nSPS) is 18.6. The van der Waals surface area contributed by atoms with E-state index in [0.717, 1.165) is 0 Å². The number of hydrogen-bond acceptors (Lipinski definition) is 4. The molecule has 0 aliphatic rings. The summed E-state index contributed by atoms with van der Waals surface area (Å²) in [5, 5.41) is -15.2. The van der Waals surface area contributed by atoms with Crippen LogP contribution < -0.4 is 0 Å². The second-order valence-electron chi connectivity index (χ2n) is 3.71. The first kappa shape index (κ1) is 22.1. The van der Waals surface area contributed by atoms with Gasteiger partial charge in [-0.3, -0.25) is 9.11 Å². The first-order chi connectivity index (χ1) is 9.50. The van der Waals surface area contributed by atoms with Crippen molar-refractivity contribution in [2.24, 2.45) is 0 Å². The fourth-order valence-corrected chi connectivity index (χ4v) is 2.23. The highest BCUT2D eigenvalue weighted by Crippen LogP contribution is 2.59. The minimum absolute atomic E-state index is 7.46. The van der Waals surface area contributed by atoms with Gasteiger partial charge < -0.3 is 0 Å². The molecular weight excluding hydrogens is 410 g/mol. The van der Waals surface area contributed by atoms with E-state index in [9.17, 15) is 60.7 Å². The Morgan fingerprint density at radius 1 is 0.565 bits per heavy atom. The van der Waals surface area contributed by atoms with Gasteiger partial charge in [-0.15, -0.1) is 0 Å². The van der Waals surface area contributed by atoms with Crippen molar-refractivity contribution in [3.05, 3.63) is 0 Å². The molecule has 0 saturated heterocycles. The zero-order chi connectivity index (χ0) is 19.5. The first-order valence-corrected chi connectivity index (χ1v) is 7.21. The molecule has 0 radical (unpaired) electrons. The largest absolute Gasteiger partial charge is 0.446 e. The Hall–Kier alpha value is -0.880. The van der Waals surface area contributed by atoms with Crippen LogP contribution in [0.2, 0.25) is 0 Å². The maximum absolute atomic E-state index is 13.2. The molecule has 0 aliphatic carbocycles. The lowest BCUT2D eigenvalue weighted by Gasteiger charge is -2.38. The van der Waals surface area contributed by atoms with Crippen LogP contribution in [0.3, 0.4) is 0 Å². The summed E-state index contributed by atoms with van der Waals surface area (Å²) in [5.74, 6) is -16.1. The summed E-state index contributed by atoms with van der Waals surface area (Å²) in [6.45, 7) is 0. The molecule has 0 rings (SSSR count). The zero-order valence-corrected chi connectivity index (χ0v) is 11.3. The van der Waals surface area contributed by atoms with Gasteiger partial charge in [0.25, 0.3) is 0 Å². The maximum atomic E-state index is 13.2. The summed E-state index contributed by atoms with van der Waals surface area (Å²) < 4.78 is 182. The summed E-state index contributed by atoms with van der Waals surface area (Å²) in [6.07, 6.45) is -7.62. The molecule has 1 atom stereocenters. The van der Waals surface area contributed by atoms with Gasteiger partial charge in [0.15, 0.2) is 0 Å². The van der Waals surface area contributed by atoms with Crippen LogP contribution in [0.1, 0.15) is 0 Å². The first-order valence-electron chi connectivity index (χ1n) is 4.33. The van der Waals surface area contributed by atoms with Gasteiger partial charge in [-0.05, 0) is 0 Å². The molecule has 0 heterocycles. The molecule has 0 spiro atoms. The molecule has 6 nitrogen and oxygen atoms in total. The van der Waals surface area contributed by atoms with Gasteiger partial charge in [-0.1, -0.05) is 0 Å². The highest BCUT2D eigenvalue weighted by Gasteiger charge is 2.92. The summed E-state index contributed by atoms with van der Waals surface area (Å²) in [5.41, 5.74) is 0. The molecule has 0 amide bonds. The van der Waals surface area contributed by atoms with Crippen LogP contribution in [-0.4, -0.2) is 54.2 Å². The molecule has 0 aromatic heterocycles. The third-order valence-corrected chi connectivity index (χ3v) is 4.31. The van der Waals surface area contributed by atoms with Crippen LogP contribution in [0, 0.1) is 0 Å². The third kappa shape index (κ3) is 2.74. The van der Waals surface area contributed by atoms with Gasteiger partial charge >= 0.3 is 48.5 Å². The lowest BCUT2D eigenvalue weighted by Crippen LogP contribution is -2.71. The van der Waals surface area contributed by atoms with Gasteiger partial charge in [-0.2, -0.15) is 56.3 Å². The highest BCUT2D eigenvalue weighted by atomic mass is 32.2. The van der Waals surface area contributed by atoms with E-state index in [1.807, 2.05) is 0 Å². The van der Waals surface area contributed by atoms with Gasteiger partial charge in [0, 0.05) is 0 Å². The molecule has 23 heavy (non-hydrogen) atoms. The average Bonchev–Trinajstić information content (AvgIpc) is 2.22. The molecule has 18 heteroatoms. The Bertz CT molecular complexity index is 677. The van der Waals surface area contributed by atoms with E-state index in [4.69, 9.17) is 9.11 Å². The Balaban J connectivity index is 6.90. The number of alkyl halides is 10. The van der Waals surface area contributed by atoms with Crippen LogP contribution in [0.5, 0.6) is 0 Å². The third-order valence-electron chi connectivity index (χ3n) is 2.21. The Kier molecular flexibility index (Phi) is 4.86. The van der Waals surface area contributed by atoms with Crippen LogP contribution in [0.15, 0.2) is 0 Å². The van der Waals surface area contributed by atoms with E-state index >= 15 is 0 Å². The summed E-state index contributed by atoms with van der Waals surface area (Å²) in [7, 11) is -15.5. The van der Waals surface area contributed by atoms with Crippen molar-refractivity contribution in [2.75, 3.05) is 0 Å². The van der Waals surface area contributed by atoms with Crippen molar-refractivity contribution >= 4 is 20.2 Å². The predicted molar refractivity (Wildman–Crippen MR) is 47.8 cm³/mol. The van der Waals surface area contributed by atoms with Crippen molar-refractivity contribution in [1.82, 2.24) is 0 Å². The van der Waals surface area contributed by atoms with Crippen molar-refractivity contribution < 1.29 is 69.8 Å². The lowest BCUT2D eigenvalue weighted by molar-refractivity contribution is -0.353. The topological polar surface area (TPSA) is 109 Å². The van der Waals surface area contributed by atoms with Crippen LogP contribution >= 0.6 is 0 Å². The van der Waals surface area contributed by atoms with Gasteiger partial charge in [0.2, 0.25) is 0 Å².